The highest BCUT2D eigenvalue weighted by Gasteiger charge is 2.25. The highest BCUT2D eigenvalue weighted by Crippen LogP contribution is 2.08. The van der Waals surface area contributed by atoms with Gasteiger partial charge in [-0.15, -0.1) is 11.6 Å². The minimum Gasteiger partial charge on any atom is -0.259 e. The van der Waals surface area contributed by atoms with E-state index in [1.165, 1.54) is 4.31 Å². The van der Waals surface area contributed by atoms with E-state index < -0.39 is 20.8 Å². The fourth-order valence-corrected chi connectivity index (χ4v) is 4.35. The number of nitrogens with zero attached hydrogens (tertiary/aromatic N) is 1. The summed E-state index contributed by atoms with van der Waals surface area (Å²) in [7, 11) is -3.99. The topological polar surface area (TPSA) is 54.5 Å². The summed E-state index contributed by atoms with van der Waals surface area (Å²) in [5.41, 5.74) is 0. The van der Waals surface area contributed by atoms with Crippen molar-refractivity contribution in [1.82, 2.24) is 4.31 Å². The Labute approximate surface area is 92.1 Å². The fraction of sp³-hybridized carbons (Fsp3) is 1.00. The van der Waals surface area contributed by atoms with Crippen molar-refractivity contribution in [2.45, 2.75) is 6.42 Å². The Bertz CT molecular complexity index is 294. The van der Waals surface area contributed by atoms with E-state index in [1.807, 2.05) is 0 Å². The van der Waals surface area contributed by atoms with Crippen LogP contribution in [0.1, 0.15) is 6.42 Å². The molecule has 1 heterocycles. The van der Waals surface area contributed by atoms with Gasteiger partial charge in [0.15, 0.2) is 0 Å². The first kappa shape index (κ1) is 12.4. The SMILES string of the molecule is O=S1CCN(S(=O)(=O)CCCCl)CC1. The molecule has 0 N–H and O–H groups in total. The normalized spacial score (nSPS) is 21.2. The van der Waals surface area contributed by atoms with E-state index in [1.54, 1.807) is 0 Å². The van der Waals surface area contributed by atoms with Gasteiger partial charge in [0.1, 0.15) is 0 Å². The van der Waals surface area contributed by atoms with Crippen LogP contribution in [0.5, 0.6) is 0 Å². The Hall–Kier alpha value is 0.350. The second-order valence-corrected chi connectivity index (χ2v) is 7.27. The van der Waals surface area contributed by atoms with Crippen molar-refractivity contribution in [3.8, 4) is 0 Å². The monoisotopic (exact) mass is 259 g/mol. The molecule has 1 aliphatic heterocycles. The first-order valence-electron chi connectivity index (χ1n) is 4.45. The van der Waals surface area contributed by atoms with Gasteiger partial charge in [-0.2, -0.15) is 0 Å². The molecule has 14 heavy (non-hydrogen) atoms. The van der Waals surface area contributed by atoms with E-state index >= 15 is 0 Å². The minimum atomic E-state index is -3.15. The lowest BCUT2D eigenvalue weighted by Gasteiger charge is -2.25. The smallest absolute Gasteiger partial charge is 0.214 e. The molecule has 0 bridgehead atoms. The molecule has 0 spiro atoms. The van der Waals surface area contributed by atoms with Crippen LogP contribution >= 0.6 is 11.6 Å². The maximum absolute atomic E-state index is 11.6. The molecule has 0 aliphatic carbocycles. The molecule has 1 fully saturated rings. The lowest BCUT2D eigenvalue weighted by atomic mass is 10.6. The Balaban J connectivity index is 2.51. The van der Waals surface area contributed by atoms with Crippen molar-refractivity contribution in [3.63, 3.8) is 0 Å². The van der Waals surface area contributed by atoms with Crippen LogP contribution in [0.15, 0.2) is 0 Å². The predicted molar refractivity (Wildman–Crippen MR) is 58.6 cm³/mol. The van der Waals surface area contributed by atoms with E-state index in [2.05, 4.69) is 0 Å². The van der Waals surface area contributed by atoms with Crippen molar-refractivity contribution in [2.24, 2.45) is 0 Å². The summed E-state index contributed by atoms with van der Waals surface area (Å²) >= 11 is 5.44. The van der Waals surface area contributed by atoms with Crippen LogP contribution in [-0.2, 0) is 20.8 Å². The summed E-state index contributed by atoms with van der Waals surface area (Å²) in [5, 5.41) is 0. The van der Waals surface area contributed by atoms with Gasteiger partial charge in [-0.05, 0) is 6.42 Å². The minimum absolute atomic E-state index is 0.100. The van der Waals surface area contributed by atoms with Gasteiger partial charge in [-0.1, -0.05) is 0 Å². The zero-order valence-corrected chi connectivity index (χ0v) is 10.2. The summed E-state index contributed by atoms with van der Waals surface area (Å²) in [6, 6.07) is 0. The van der Waals surface area contributed by atoms with Crippen LogP contribution in [0.3, 0.4) is 0 Å². The van der Waals surface area contributed by atoms with Gasteiger partial charge in [0.25, 0.3) is 0 Å². The van der Waals surface area contributed by atoms with Gasteiger partial charge < -0.3 is 0 Å². The maximum Gasteiger partial charge on any atom is 0.214 e. The number of sulfonamides is 1. The Morgan fingerprint density at radius 3 is 2.36 bits per heavy atom. The molecule has 0 amide bonds. The van der Waals surface area contributed by atoms with Gasteiger partial charge in [-0.25, -0.2) is 12.7 Å². The van der Waals surface area contributed by atoms with Crippen molar-refractivity contribution >= 4 is 32.4 Å². The quantitative estimate of drug-likeness (QED) is 0.669. The van der Waals surface area contributed by atoms with Gasteiger partial charge in [0.05, 0.1) is 5.75 Å². The second-order valence-electron chi connectivity index (χ2n) is 3.11. The molecular formula is C7H14ClNO3S2. The number of alkyl halides is 1. The second kappa shape index (κ2) is 5.44. The van der Waals surface area contributed by atoms with E-state index in [4.69, 9.17) is 11.6 Å². The van der Waals surface area contributed by atoms with Gasteiger partial charge >= 0.3 is 0 Å². The third-order valence-corrected chi connectivity index (χ3v) is 5.57. The maximum atomic E-state index is 11.6. The average Bonchev–Trinajstić information content (AvgIpc) is 2.16. The summed E-state index contributed by atoms with van der Waals surface area (Å²) in [6.07, 6.45) is 0.476. The van der Waals surface area contributed by atoms with Crippen molar-refractivity contribution in [1.29, 1.82) is 0 Å². The number of hydrogen-bond acceptors (Lipinski definition) is 3. The predicted octanol–water partition coefficient (Wildman–Crippen LogP) is 0.00940. The molecule has 1 rings (SSSR count). The molecule has 1 aliphatic rings. The highest BCUT2D eigenvalue weighted by molar-refractivity contribution is 7.89. The third-order valence-electron chi connectivity index (χ3n) is 2.07. The zero-order chi connectivity index (χ0) is 10.6. The molecule has 0 radical (unpaired) electrons. The van der Waals surface area contributed by atoms with Crippen LogP contribution in [0, 0.1) is 0 Å². The molecule has 0 unspecified atom stereocenters. The standard InChI is InChI=1S/C7H14ClNO3S2/c8-2-1-7-14(11,12)9-3-5-13(10)6-4-9/h1-7H2. The summed E-state index contributed by atoms with van der Waals surface area (Å²) in [4.78, 5) is 0. The first-order valence-corrected chi connectivity index (χ1v) is 8.08. The van der Waals surface area contributed by atoms with Crippen LogP contribution in [0.2, 0.25) is 0 Å². The van der Waals surface area contributed by atoms with E-state index in [0.29, 0.717) is 36.9 Å². The number of rotatable bonds is 4. The van der Waals surface area contributed by atoms with Crippen LogP contribution in [0.25, 0.3) is 0 Å². The molecular weight excluding hydrogens is 246 g/mol. The third kappa shape index (κ3) is 3.49. The Morgan fingerprint density at radius 1 is 1.29 bits per heavy atom. The largest absolute Gasteiger partial charge is 0.259 e. The first-order chi connectivity index (χ1) is 6.56. The van der Waals surface area contributed by atoms with Crippen LogP contribution < -0.4 is 0 Å². The summed E-state index contributed by atoms with van der Waals surface area (Å²) in [6.45, 7) is 0.772. The summed E-state index contributed by atoms with van der Waals surface area (Å²) in [5.74, 6) is 1.38. The zero-order valence-electron chi connectivity index (χ0n) is 7.82. The molecule has 0 aromatic carbocycles. The van der Waals surface area contributed by atoms with Gasteiger partial charge in [0, 0.05) is 41.3 Å². The molecule has 1 saturated heterocycles. The fourth-order valence-electron chi connectivity index (χ4n) is 1.27. The van der Waals surface area contributed by atoms with Crippen molar-refractivity contribution < 1.29 is 12.6 Å². The average molecular weight is 260 g/mol. The Kier molecular flexibility index (Phi) is 4.82. The van der Waals surface area contributed by atoms with E-state index in [0.717, 1.165) is 0 Å². The number of halogens is 1. The van der Waals surface area contributed by atoms with Crippen molar-refractivity contribution in [3.05, 3.63) is 0 Å². The lowest BCUT2D eigenvalue weighted by Crippen LogP contribution is -2.42. The van der Waals surface area contributed by atoms with Gasteiger partial charge in [-0.3, -0.25) is 4.21 Å². The lowest BCUT2D eigenvalue weighted by molar-refractivity contribution is 0.438. The molecule has 0 atom stereocenters. The highest BCUT2D eigenvalue weighted by atomic mass is 35.5. The molecule has 84 valence electrons. The van der Waals surface area contributed by atoms with Crippen LogP contribution in [0.4, 0.5) is 0 Å². The Morgan fingerprint density at radius 2 is 1.86 bits per heavy atom. The van der Waals surface area contributed by atoms with Crippen molar-refractivity contribution in [2.75, 3.05) is 36.2 Å². The molecule has 0 aromatic rings. The number of hydrogen-bond donors (Lipinski definition) is 0. The van der Waals surface area contributed by atoms with Gasteiger partial charge in [0.2, 0.25) is 10.0 Å². The molecule has 0 saturated carbocycles. The summed E-state index contributed by atoms with van der Waals surface area (Å²) < 4.78 is 35.7. The van der Waals surface area contributed by atoms with E-state index in [9.17, 15) is 12.6 Å². The molecule has 7 heteroatoms. The molecule has 0 aromatic heterocycles. The van der Waals surface area contributed by atoms with Crippen LogP contribution in [-0.4, -0.2) is 53.2 Å². The molecule has 4 nitrogen and oxygen atoms in total. The van der Waals surface area contributed by atoms with E-state index in [-0.39, 0.29) is 5.75 Å².